The lowest BCUT2D eigenvalue weighted by Crippen LogP contribution is -2.01. The first kappa shape index (κ1) is 15.1. The molecule has 0 unspecified atom stereocenters. The summed E-state index contributed by atoms with van der Waals surface area (Å²) < 4.78 is 7.61. The minimum Gasteiger partial charge on any atom is -0.492 e. The largest absolute Gasteiger partial charge is 0.492 e. The molecule has 1 aliphatic heterocycles. The van der Waals surface area contributed by atoms with Crippen LogP contribution >= 0.6 is 56.9 Å². The van der Waals surface area contributed by atoms with Crippen molar-refractivity contribution in [3.63, 3.8) is 0 Å². The van der Waals surface area contributed by atoms with Crippen LogP contribution in [0.25, 0.3) is 6.08 Å². The van der Waals surface area contributed by atoms with Crippen molar-refractivity contribution < 1.29 is 9.53 Å². The zero-order valence-corrected chi connectivity index (χ0v) is 15.1. The van der Waals surface area contributed by atoms with E-state index in [-0.39, 0.29) is 5.91 Å². The Labute approximate surface area is 142 Å². The highest BCUT2D eigenvalue weighted by atomic mass is 127. The lowest BCUT2D eigenvalue weighted by Gasteiger charge is -2.09. The quantitative estimate of drug-likeness (QED) is 0.512. The van der Waals surface area contributed by atoms with Gasteiger partial charge in [0.1, 0.15) is 5.75 Å². The topological polar surface area (TPSA) is 64.7 Å². The number of aliphatic imine (C=N–C) groups is 1. The molecular weight excluding hydrogens is 490 g/mol. The Balaban J connectivity index is 2.33. The number of amidine groups is 1. The van der Waals surface area contributed by atoms with Gasteiger partial charge in [0.25, 0.3) is 5.91 Å². The number of nitrogens with zero attached hydrogens (tertiary/aromatic N) is 1. The minimum absolute atomic E-state index is 0.276. The summed E-state index contributed by atoms with van der Waals surface area (Å²) in [5.74, 6) is 0.605. The van der Waals surface area contributed by atoms with E-state index in [1.807, 2.05) is 19.1 Å². The maximum absolute atomic E-state index is 11.5. The van der Waals surface area contributed by atoms with Crippen LogP contribution in [0.3, 0.4) is 0 Å². The van der Waals surface area contributed by atoms with E-state index in [1.54, 1.807) is 6.08 Å². The number of nitrogens with two attached hydrogens (primary N) is 1. The highest BCUT2D eigenvalue weighted by molar-refractivity contribution is 14.1. The summed E-state index contributed by atoms with van der Waals surface area (Å²) in [5, 5.41) is 0.298. The van der Waals surface area contributed by atoms with E-state index in [0.717, 1.165) is 18.5 Å². The van der Waals surface area contributed by atoms with Gasteiger partial charge in [0.05, 0.1) is 18.7 Å². The fraction of sp³-hybridized carbons (Fsp3) is 0.167. The van der Waals surface area contributed by atoms with Crippen LogP contribution in [0.1, 0.15) is 12.5 Å². The van der Waals surface area contributed by atoms with Gasteiger partial charge in [0.15, 0.2) is 5.17 Å². The molecule has 0 radical (unpaired) electrons. The number of rotatable bonds is 3. The molecule has 2 rings (SSSR count). The Morgan fingerprint density at radius 3 is 2.53 bits per heavy atom. The smallest absolute Gasteiger partial charge is 0.286 e. The number of ether oxygens (including phenoxy) is 1. The van der Waals surface area contributed by atoms with Crippen LogP contribution in [0.4, 0.5) is 0 Å². The molecule has 0 spiro atoms. The van der Waals surface area contributed by atoms with E-state index in [9.17, 15) is 4.79 Å². The normalized spacial score (nSPS) is 16.9. The number of halogens is 2. The average molecular weight is 500 g/mol. The minimum atomic E-state index is -0.276. The molecule has 0 atom stereocenters. The standard InChI is InChI=1S/C12H10I2N2O2S/c1-2-18-10-7(13)3-6(4-8(10)14)5-9-11(17)16-12(15)19-9/h3-5H,2H2,1H3,(H2,15,16,17)/b9-5-. The summed E-state index contributed by atoms with van der Waals surface area (Å²) >= 11 is 5.65. The zero-order chi connectivity index (χ0) is 14.0. The van der Waals surface area contributed by atoms with Crippen molar-refractivity contribution in [3.8, 4) is 5.75 Å². The van der Waals surface area contributed by atoms with Crippen molar-refractivity contribution in [1.29, 1.82) is 0 Å². The number of hydrogen-bond acceptors (Lipinski definition) is 4. The second-order valence-electron chi connectivity index (χ2n) is 3.61. The summed E-state index contributed by atoms with van der Waals surface area (Å²) in [6, 6.07) is 3.95. The molecule has 0 saturated carbocycles. The average Bonchev–Trinajstić information content (AvgIpc) is 2.62. The van der Waals surface area contributed by atoms with Gasteiger partial charge in [-0.2, -0.15) is 4.99 Å². The molecule has 1 aromatic rings. The van der Waals surface area contributed by atoms with Crippen molar-refractivity contribution in [2.75, 3.05) is 6.61 Å². The van der Waals surface area contributed by atoms with Crippen LogP contribution in [0.5, 0.6) is 5.75 Å². The van der Waals surface area contributed by atoms with Gasteiger partial charge in [-0.1, -0.05) is 0 Å². The predicted molar refractivity (Wildman–Crippen MR) is 95.2 cm³/mol. The van der Waals surface area contributed by atoms with Crippen molar-refractivity contribution in [2.45, 2.75) is 6.92 Å². The fourth-order valence-corrected chi connectivity index (χ4v) is 4.33. The molecule has 4 nitrogen and oxygen atoms in total. The van der Waals surface area contributed by atoms with Gasteiger partial charge in [-0.3, -0.25) is 4.79 Å². The second-order valence-corrected chi connectivity index (χ2v) is 7.00. The highest BCUT2D eigenvalue weighted by Crippen LogP contribution is 2.32. The summed E-state index contributed by atoms with van der Waals surface area (Å²) in [5.41, 5.74) is 6.46. The molecule has 0 fully saturated rings. The first-order chi connectivity index (χ1) is 9.01. The van der Waals surface area contributed by atoms with E-state index >= 15 is 0 Å². The molecule has 19 heavy (non-hydrogen) atoms. The lowest BCUT2D eigenvalue weighted by atomic mass is 10.2. The Hall–Kier alpha value is -0.290. The summed E-state index contributed by atoms with van der Waals surface area (Å²) in [4.78, 5) is 15.8. The van der Waals surface area contributed by atoms with Gasteiger partial charge in [-0.15, -0.1) is 0 Å². The number of thioether (sulfide) groups is 1. The molecule has 1 heterocycles. The van der Waals surface area contributed by atoms with E-state index in [2.05, 4.69) is 50.2 Å². The maximum Gasteiger partial charge on any atom is 0.286 e. The van der Waals surface area contributed by atoms with Crippen molar-refractivity contribution >= 4 is 74.1 Å². The van der Waals surface area contributed by atoms with Crippen LogP contribution < -0.4 is 10.5 Å². The van der Waals surface area contributed by atoms with Gasteiger partial charge in [0.2, 0.25) is 0 Å². The molecule has 1 amide bonds. The molecule has 0 aromatic heterocycles. The molecule has 0 bridgehead atoms. The molecule has 0 saturated heterocycles. The van der Waals surface area contributed by atoms with Crippen LogP contribution in [0, 0.1) is 7.14 Å². The van der Waals surface area contributed by atoms with E-state index in [4.69, 9.17) is 10.5 Å². The number of benzene rings is 1. The molecule has 2 N–H and O–H groups in total. The summed E-state index contributed by atoms with van der Waals surface area (Å²) in [7, 11) is 0. The second kappa shape index (κ2) is 6.44. The highest BCUT2D eigenvalue weighted by Gasteiger charge is 2.19. The Kier molecular flexibility index (Phi) is 5.12. The molecule has 1 aromatic carbocycles. The first-order valence-electron chi connectivity index (χ1n) is 5.41. The molecule has 1 aliphatic rings. The first-order valence-corrected chi connectivity index (χ1v) is 8.38. The van der Waals surface area contributed by atoms with Crippen LogP contribution in [-0.4, -0.2) is 17.7 Å². The SMILES string of the molecule is CCOc1c(I)cc(/C=C2\SC(N)=NC2=O)cc1I. The van der Waals surface area contributed by atoms with Crippen molar-refractivity contribution in [3.05, 3.63) is 29.7 Å². The van der Waals surface area contributed by atoms with Gasteiger partial charge in [-0.05, 0) is 87.6 Å². The van der Waals surface area contributed by atoms with Crippen LogP contribution in [0.2, 0.25) is 0 Å². The number of hydrogen-bond donors (Lipinski definition) is 1. The number of amides is 1. The van der Waals surface area contributed by atoms with Gasteiger partial charge < -0.3 is 10.5 Å². The number of carbonyl (C=O) groups excluding carboxylic acids is 1. The molecular formula is C12H10I2N2O2S. The van der Waals surface area contributed by atoms with E-state index < -0.39 is 0 Å². The van der Waals surface area contributed by atoms with Gasteiger partial charge >= 0.3 is 0 Å². The Morgan fingerprint density at radius 2 is 2.05 bits per heavy atom. The zero-order valence-electron chi connectivity index (χ0n) is 9.94. The third kappa shape index (κ3) is 3.63. The Bertz CT molecular complexity index is 576. The third-order valence-electron chi connectivity index (χ3n) is 2.24. The van der Waals surface area contributed by atoms with Crippen LogP contribution in [-0.2, 0) is 4.79 Å². The van der Waals surface area contributed by atoms with E-state index in [0.29, 0.717) is 16.7 Å². The van der Waals surface area contributed by atoms with Crippen molar-refractivity contribution in [2.24, 2.45) is 10.7 Å². The third-order valence-corrected chi connectivity index (χ3v) is 4.66. The summed E-state index contributed by atoms with van der Waals surface area (Å²) in [6.07, 6.45) is 1.80. The van der Waals surface area contributed by atoms with Crippen LogP contribution in [0.15, 0.2) is 22.0 Å². The number of carbonyl (C=O) groups is 1. The molecule has 7 heteroatoms. The fourth-order valence-electron chi connectivity index (χ4n) is 1.52. The van der Waals surface area contributed by atoms with Gasteiger partial charge in [-0.25, -0.2) is 0 Å². The summed E-state index contributed by atoms with van der Waals surface area (Å²) in [6.45, 7) is 2.58. The Morgan fingerprint density at radius 1 is 1.42 bits per heavy atom. The molecule has 100 valence electrons. The monoisotopic (exact) mass is 500 g/mol. The van der Waals surface area contributed by atoms with Crippen molar-refractivity contribution in [1.82, 2.24) is 0 Å². The predicted octanol–water partition coefficient (Wildman–Crippen LogP) is 3.22. The van der Waals surface area contributed by atoms with E-state index in [1.165, 1.54) is 11.8 Å². The van der Waals surface area contributed by atoms with Gasteiger partial charge in [0, 0.05) is 0 Å². The lowest BCUT2D eigenvalue weighted by molar-refractivity contribution is -0.113. The maximum atomic E-state index is 11.5. The molecule has 0 aliphatic carbocycles.